The van der Waals surface area contributed by atoms with Crippen molar-refractivity contribution >= 4 is 34.8 Å². The lowest BCUT2D eigenvalue weighted by Crippen LogP contribution is -2.43. The van der Waals surface area contributed by atoms with E-state index in [1.54, 1.807) is 13.3 Å². The average molecular weight is 430 g/mol. The molecule has 0 spiro atoms. The highest BCUT2D eigenvalue weighted by Crippen LogP contribution is 2.29. The summed E-state index contributed by atoms with van der Waals surface area (Å²) in [5, 5.41) is 15.8. The Balaban J connectivity index is 0.00000306. The zero-order valence-corrected chi connectivity index (χ0v) is 18.5. The van der Waals surface area contributed by atoms with Crippen molar-refractivity contribution in [1.29, 1.82) is 5.41 Å². The van der Waals surface area contributed by atoms with Gasteiger partial charge in [-0.1, -0.05) is 30.3 Å². The molecule has 1 aliphatic heterocycles. The van der Waals surface area contributed by atoms with E-state index in [0.717, 1.165) is 65.6 Å². The molecule has 7 nitrogen and oxygen atoms in total. The number of nitrogens with two attached hydrogens (primary N) is 1. The minimum atomic E-state index is 0. The zero-order chi connectivity index (χ0) is 22.5. The van der Waals surface area contributed by atoms with Gasteiger partial charge >= 0.3 is 0 Å². The number of aliphatic imine (C=N–C) groups is 1. The van der Waals surface area contributed by atoms with Crippen LogP contribution >= 0.6 is 0 Å². The van der Waals surface area contributed by atoms with E-state index in [0.29, 0.717) is 11.4 Å². The second kappa shape index (κ2) is 9.62. The van der Waals surface area contributed by atoms with Gasteiger partial charge in [-0.25, -0.2) is 4.98 Å². The molecule has 3 aromatic rings. The SMILES string of the molecule is CN=Cc1c(N)cccc1C(=N)c1cccc(C)c1Nc1ccc(N2CCNCC2)nc1.[HH]. The lowest BCUT2D eigenvalue weighted by molar-refractivity contribution is 0.585. The molecule has 0 atom stereocenters. The van der Waals surface area contributed by atoms with Crippen molar-refractivity contribution in [3.05, 3.63) is 77.0 Å². The van der Waals surface area contributed by atoms with E-state index >= 15 is 0 Å². The second-order valence-electron chi connectivity index (χ2n) is 7.84. The van der Waals surface area contributed by atoms with Crippen LogP contribution in [0.3, 0.4) is 0 Å². The highest BCUT2D eigenvalue weighted by atomic mass is 15.2. The number of nitrogen functional groups attached to an aromatic ring is 1. The van der Waals surface area contributed by atoms with Gasteiger partial charge in [-0.3, -0.25) is 10.4 Å². The number of hydrogen-bond acceptors (Lipinski definition) is 7. The van der Waals surface area contributed by atoms with E-state index in [9.17, 15) is 0 Å². The molecule has 32 heavy (non-hydrogen) atoms. The summed E-state index contributed by atoms with van der Waals surface area (Å²) in [4.78, 5) is 11.1. The Labute approximate surface area is 190 Å². The predicted molar refractivity (Wildman–Crippen MR) is 136 cm³/mol. The summed E-state index contributed by atoms with van der Waals surface area (Å²) < 4.78 is 0. The Kier molecular flexibility index (Phi) is 6.47. The van der Waals surface area contributed by atoms with Crippen LogP contribution in [0.1, 0.15) is 23.7 Å². The number of benzene rings is 2. The van der Waals surface area contributed by atoms with Crippen molar-refractivity contribution in [3.63, 3.8) is 0 Å². The van der Waals surface area contributed by atoms with Crippen molar-refractivity contribution in [2.75, 3.05) is 49.2 Å². The van der Waals surface area contributed by atoms with Crippen LogP contribution in [0.5, 0.6) is 0 Å². The van der Waals surface area contributed by atoms with Crippen LogP contribution in [0.15, 0.2) is 59.7 Å². The van der Waals surface area contributed by atoms with E-state index in [1.165, 1.54) is 0 Å². The Bertz CT molecular complexity index is 1140. The van der Waals surface area contributed by atoms with Crippen LogP contribution in [-0.4, -0.2) is 50.1 Å². The van der Waals surface area contributed by atoms with Crippen LogP contribution in [0.25, 0.3) is 0 Å². The standard InChI is InChI=1S/C25H29N7.H2/c1-17-5-3-7-20(24(27)19-6-4-8-22(26)21(19)16-28-2)25(17)31-18-9-10-23(30-15-18)32-13-11-29-12-14-32;/h3-10,15-16,27,29,31H,11-14,26H2,1-2H3;1H. The van der Waals surface area contributed by atoms with Gasteiger partial charge in [0.15, 0.2) is 0 Å². The number of piperazine rings is 1. The summed E-state index contributed by atoms with van der Waals surface area (Å²) in [5.74, 6) is 0.984. The molecule has 2 aromatic carbocycles. The molecular weight excluding hydrogens is 398 g/mol. The topological polar surface area (TPSA) is 102 Å². The molecule has 0 saturated carbocycles. The van der Waals surface area contributed by atoms with Crippen molar-refractivity contribution < 1.29 is 1.43 Å². The molecule has 1 fully saturated rings. The lowest BCUT2D eigenvalue weighted by atomic mass is 9.94. The van der Waals surface area contributed by atoms with Crippen LogP contribution in [-0.2, 0) is 0 Å². The quantitative estimate of drug-likeness (QED) is 0.352. The molecule has 0 radical (unpaired) electrons. The van der Waals surface area contributed by atoms with Crippen LogP contribution in [0.2, 0.25) is 0 Å². The van der Waals surface area contributed by atoms with Gasteiger partial charge in [0.2, 0.25) is 0 Å². The molecule has 0 unspecified atom stereocenters. The Morgan fingerprint density at radius 1 is 1.16 bits per heavy atom. The van der Waals surface area contributed by atoms with Crippen molar-refractivity contribution in [3.8, 4) is 0 Å². The fraction of sp³-hybridized carbons (Fsp3) is 0.240. The minimum Gasteiger partial charge on any atom is -0.398 e. The van der Waals surface area contributed by atoms with Gasteiger partial charge in [0.1, 0.15) is 5.82 Å². The fourth-order valence-electron chi connectivity index (χ4n) is 3.95. The number of pyridine rings is 1. The molecule has 166 valence electrons. The van der Waals surface area contributed by atoms with Gasteiger partial charge in [-0.2, -0.15) is 0 Å². The van der Waals surface area contributed by atoms with Crippen LogP contribution in [0, 0.1) is 12.3 Å². The Morgan fingerprint density at radius 2 is 1.91 bits per heavy atom. The summed E-state index contributed by atoms with van der Waals surface area (Å²) in [6.07, 6.45) is 3.56. The normalized spacial score (nSPS) is 14.0. The van der Waals surface area contributed by atoms with Crippen molar-refractivity contribution in [2.24, 2.45) is 4.99 Å². The van der Waals surface area contributed by atoms with Crippen LogP contribution in [0.4, 0.5) is 22.9 Å². The third-order valence-corrected chi connectivity index (χ3v) is 5.67. The zero-order valence-electron chi connectivity index (χ0n) is 18.5. The van der Waals surface area contributed by atoms with E-state index in [2.05, 4.69) is 25.5 Å². The molecule has 2 heterocycles. The Hall–Kier alpha value is -3.71. The number of aromatic nitrogens is 1. The van der Waals surface area contributed by atoms with Gasteiger partial charge in [0.25, 0.3) is 0 Å². The number of rotatable bonds is 6. The smallest absolute Gasteiger partial charge is 0.128 e. The maximum atomic E-state index is 8.97. The molecule has 0 bridgehead atoms. The molecule has 1 saturated heterocycles. The van der Waals surface area contributed by atoms with E-state index < -0.39 is 0 Å². The van der Waals surface area contributed by atoms with Gasteiger partial charge in [0.05, 0.1) is 23.3 Å². The lowest BCUT2D eigenvalue weighted by Gasteiger charge is -2.28. The molecule has 1 aromatic heterocycles. The Morgan fingerprint density at radius 3 is 2.62 bits per heavy atom. The first kappa shape index (κ1) is 21.5. The molecule has 1 aliphatic rings. The first-order chi connectivity index (χ1) is 15.6. The molecule has 4 rings (SSSR count). The number of para-hydroxylation sites is 1. The summed E-state index contributed by atoms with van der Waals surface area (Å²) in [6, 6.07) is 15.7. The van der Waals surface area contributed by atoms with Gasteiger partial charge in [-0.15, -0.1) is 0 Å². The van der Waals surface area contributed by atoms with E-state index in [1.807, 2.05) is 61.7 Å². The first-order valence-electron chi connectivity index (χ1n) is 10.8. The van der Waals surface area contributed by atoms with Gasteiger partial charge < -0.3 is 21.3 Å². The summed E-state index contributed by atoms with van der Waals surface area (Å²) in [6.45, 7) is 5.91. The third kappa shape index (κ3) is 4.48. The van der Waals surface area contributed by atoms with Crippen molar-refractivity contribution in [1.82, 2.24) is 10.3 Å². The van der Waals surface area contributed by atoms with Gasteiger partial charge in [-0.05, 0) is 30.7 Å². The number of nitrogens with one attached hydrogen (secondary N) is 3. The molecule has 0 aliphatic carbocycles. The van der Waals surface area contributed by atoms with E-state index in [4.69, 9.17) is 11.1 Å². The predicted octanol–water partition coefficient (Wildman–Crippen LogP) is 3.84. The second-order valence-corrected chi connectivity index (χ2v) is 7.84. The number of nitrogens with zero attached hydrogens (tertiary/aromatic N) is 3. The fourth-order valence-corrected chi connectivity index (χ4v) is 3.95. The highest BCUT2D eigenvalue weighted by Gasteiger charge is 2.17. The summed E-state index contributed by atoms with van der Waals surface area (Å²) in [5.41, 5.74) is 12.3. The average Bonchev–Trinajstić information content (AvgIpc) is 2.82. The van der Waals surface area contributed by atoms with Crippen molar-refractivity contribution in [2.45, 2.75) is 6.92 Å². The van der Waals surface area contributed by atoms with Crippen LogP contribution < -0.4 is 21.3 Å². The number of anilines is 4. The first-order valence-corrected chi connectivity index (χ1v) is 10.8. The number of hydrogen-bond donors (Lipinski definition) is 4. The van der Waals surface area contributed by atoms with Gasteiger partial charge in [0, 0.05) is 63.2 Å². The summed E-state index contributed by atoms with van der Waals surface area (Å²) in [7, 11) is 1.70. The maximum Gasteiger partial charge on any atom is 0.128 e. The van der Waals surface area contributed by atoms with E-state index in [-0.39, 0.29) is 1.43 Å². The minimum absolute atomic E-state index is 0. The highest BCUT2D eigenvalue weighted by molar-refractivity contribution is 6.18. The molecule has 5 N–H and O–H groups in total. The third-order valence-electron chi connectivity index (χ3n) is 5.67. The molecule has 0 amide bonds. The number of aryl methyl sites for hydroxylation is 1. The largest absolute Gasteiger partial charge is 0.398 e. The molecular formula is C25H31N7. The summed E-state index contributed by atoms with van der Waals surface area (Å²) >= 11 is 0. The monoisotopic (exact) mass is 429 g/mol. The molecule has 7 heteroatoms. The maximum absolute atomic E-state index is 8.97.